The van der Waals surface area contributed by atoms with Crippen molar-refractivity contribution in [2.75, 3.05) is 47.5 Å². The number of likely N-dealkylation sites (N-methyl/N-ethyl adjacent to an activating group) is 1. The van der Waals surface area contributed by atoms with Crippen LogP contribution in [0.5, 0.6) is 0 Å². The number of carbonyl (C=O) groups excluding carboxylic acids is 2. The molecule has 0 aromatic rings. The van der Waals surface area contributed by atoms with Gasteiger partial charge < -0.3 is 24.0 Å². The zero-order valence-electron chi connectivity index (χ0n) is 39.4. The molecule has 0 aliphatic carbocycles. The SMILES string of the molecule is CC/C=C\C/C=C\CC(O)/C=C/C=C\C/C=C\CCCC(=O)OC[C@H](COP(=O)(O)OCC[N+](C)(C)C)OC(=O)CCCCCCCC/C=C\C/C=C\C/C=C\CCCCCC. The molecule has 0 aliphatic heterocycles. The first-order valence-electron chi connectivity index (χ1n) is 23.6. The van der Waals surface area contributed by atoms with Crippen molar-refractivity contribution in [3.05, 3.63) is 97.2 Å². The Kier molecular flexibility index (Phi) is 39.8. The van der Waals surface area contributed by atoms with Crippen LogP contribution in [0.4, 0.5) is 0 Å². The van der Waals surface area contributed by atoms with E-state index in [4.69, 9.17) is 18.5 Å². The third-order valence-corrected chi connectivity index (χ3v) is 10.4. The maximum absolute atomic E-state index is 12.7. The van der Waals surface area contributed by atoms with Crippen molar-refractivity contribution in [2.45, 2.75) is 167 Å². The monoisotopic (exact) mass is 889 g/mol. The topological polar surface area (TPSA) is 129 Å². The lowest BCUT2D eigenvalue weighted by Crippen LogP contribution is -2.37. The van der Waals surface area contributed by atoms with Gasteiger partial charge in [0.25, 0.3) is 0 Å². The molecule has 0 aliphatic rings. The molecule has 0 aromatic heterocycles. The summed E-state index contributed by atoms with van der Waals surface area (Å²) in [5.41, 5.74) is 0. The van der Waals surface area contributed by atoms with Crippen molar-refractivity contribution in [3.63, 3.8) is 0 Å². The Balaban J connectivity index is 4.51. The lowest BCUT2D eigenvalue weighted by molar-refractivity contribution is -0.870. The van der Waals surface area contributed by atoms with Crippen LogP contribution in [0.2, 0.25) is 0 Å². The normalized spacial score (nSPS) is 14.9. The highest BCUT2D eigenvalue weighted by molar-refractivity contribution is 7.47. The second kappa shape index (κ2) is 41.9. The Bertz CT molecular complexity index is 1390. The van der Waals surface area contributed by atoms with Crippen LogP contribution < -0.4 is 0 Å². The largest absolute Gasteiger partial charge is 0.472 e. The van der Waals surface area contributed by atoms with Gasteiger partial charge in [-0.2, -0.15) is 0 Å². The van der Waals surface area contributed by atoms with Gasteiger partial charge in [-0.3, -0.25) is 18.6 Å². The van der Waals surface area contributed by atoms with Crippen LogP contribution in [-0.4, -0.2) is 86.1 Å². The molecule has 0 radical (unpaired) electrons. The second-order valence-electron chi connectivity index (χ2n) is 16.6. The van der Waals surface area contributed by atoms with Crippen molar-refractivity contribution in [1.29, 1.82) is 0 Å². The van der Waals surface area contributed by atoms with E-state index in [1.807, 2.05) is 57.6 Å². The predicted molar refractivity (Wildman–Crippen MR) is 258 cm³/mol. The number of phosphoric acid groups is 1. The third kappa shape index (κ3) is 44.9. The number of rotatable bonds is 41. The van der Waals surface area contributed by atoms with E-state index < -0.39 is 38.6 Å². The third-order valence-electron chi connectivity index (χ3n) is 9.43. The second-order valence-corrected chi connectivity index (χ2v) is 18.1. The Hall–Kier alpha value is -3.11. The highest BCUT2D eigenvalue weighted by Gasteiger charge is 2.27. The molecule has 10 nitrogen and oxygen atoms in total. The van der Waals surface area contributed by atoms with Gasteiger partial charge in [0.1, 0.15) is 19.8 Å². The summed E-state index contributed by atoms with van der Waals surface area (Å²) in [6.07, 6.45) is 52.0. The first-order valence-corrected chi connectivity index (χ1v) is 25.1. The number of carbonyl (C=O) groups is 2. The predicted octanol–water partition coefficient (Wildman–Crippen LogP) is 12.7. The highest BCUT2D eigenvalue weighted by atomic mass is 31.2. The van der Waals surface area contributed by atoms with E-state index in [1.54, 1.807) is 6.08 Å². The number of nitrogens with zero attached hydrogens (tertiary/aromatic N) is 1. The number of esters is 2. The average molecular weight is 889 g/mol. The molecular weight excluding hydrogens is 802 g/mol. The minimum absolute atomic E-state index is 0.00432. The molecule has 3 atom stereocenters. The van der Waals surface area contributed by atoms with Gasteiger partial charge in [-0.15, -0.1) is 0 Å². The van der Waals surface area contributed by atoms with Crippen LogP contribution in [0.3, 0.4) is 0 Å². The Morgan fingerprint density at radius 3 is 1.76 bits per heavy atom. The number of hydrogen-bond donors (Lipinski definition) is 2. The number of unbranched alkanes of at least 4 members (excludes halogenated alkanes) is 11. The zero-order chi connectivity index (χ0) is 45.8. The number of phosphoric ester groups is 1. The molecule has 2 N–H and O–H groups in total. The fraction of sp³-hybridized carbons (Fsp3) is 0.647. The maximum atomic E-state index is 12.7. The summed E-state index contributed by atoms with van der Waals surface area (Å²) in [4.78, 5) is 35.4. The lowest BCUT2D eigenvalue weighted by Gasteiger charge is -2.24. The van der Waals surface area contributed by atoms with Gasteiger partial charge in [0.2, 0.25) is 0 Å². The van der Waals surface area contributed by atoms with Gasteiger partial charge in [0.05, 0.1) is 33.9 Å². The van der Waals surface area contributed by atoms with Crippen molar-refractivity contribution < 1.29 is 47.2 Å². The molecule has 11 heteroatoms. The Morgan fingerprint density at radius 2 is 1.13 bits per heavy atom. The summed E-state index contributed by atoms with van der Waals surface area (Å²) < 4.78 is 34.2. The smallest absolute Gasteiger partial charge is 0.462 e. The maximum Gasteiger partial charge on any atom is 0.472 e. The molecule has 0 saturated heterocycles. The van der Waals surface area contributed by atoms with Crippen LogP contribution in [0, 0.1) is 0 Å². The summed E-state index contributed by atoms with van der Waals surface area (Å²) in [5.74, 6) is -0.930. The molecule has 0 rings (SSSR count). The molecule has 0 aromatic carbocycles. The van der Waals surface area contributed by atoms with E-state index in [2.05, 4.69) is 68.5 Å². The molecule has 62 heavy (non-hydrogen) atoms. The van der Waals surface area contributed by atoms with Crippen molar-refractivity contribution in [3.8, 4) is 0 Å². The molecule has 0 bridgehead atoms. The van der Waals surface area contributed by atoms with Gasteiger partial charge in [-0.1, -0.05) is 156 Å². The number of quaternary nitrogens is 1. The first-order chi connectivity index (χ1) is 29.9. The molecule has 2 unspecified atom stereocenters. The van der Waals surface area contributed by atoms with Crippen molar-refractivity contribution in [1.82, 2.24) is 0 Å². The Labute approximate surface area is 377 Å². The minimum atomic E-state index is -4.42. The minimum Gasteiger partial charge on any atom is -0.462 e. The molecule has 0 saturated carbocycles. The molecule has 0 fully saturated rings. The fourth-order valence-electron chi connectivity index (χ4n) is 5.73. The molecule has 0 spiro atoms. The summed E-state index contributed by atoms with van der Waals surface area (Å²) in [5, 5.41) is 10.0. The van der Waals surface area contributed by atoms with Crippen LogP contribution in [-0.2, 0) is 32.7 Å². The highest BCUT2D eigenvalue weighted by Crippen LogP contribution is 2.43. The van der Waals surface area contributed by atoms with Gasteiger partial charge in [0.15, 0.2) is 6.10 Å². The number of hydrogen-bond acceptors (Lipinski definition) is 8. The molecular formula is C51H87NO9P+. The number of aliphatic hydroxyl groups excluding tert-OH is 1. The quantitative estimate of drug-likeness (QED) is 0.0154. The van der Waals surface area contributed by atoms with Gasteiger partial charge >= 0.3 is 19.8 Å². The van der Waals surface area contributed by atoms with Gasteiger partial charge in [-0.25, -0.2) is 4.57 Å². The first kappa shape index (κ1) is 58.9. The standard InChI is InChI=1S/C51H86NO9P/c1-6-8-10-12-14-15-16-17-18-19-20-21-22-23-24-25-26-31-35-39-43-51(55)61-49(47-60-62(56,57)59-45-44-52(3,4)5)46-58-50(54)42-38-34-30-28-27-29-33-37-41-48(53)40-36-32-13-11-9-7-2/h9,11,15-16,18-19,21-22,28-30,32-33,36-37,41,48-49,53H,6-8,10,12-14,17,20,23-27,31,34-35,38-40,42-47H2,1-5H3/p+1/b11-9-,16-15-,19-18-,22-21-,30-28-,33-29-,36-32-,41-37+/t48?,49-/m1/s1. The van der Waals surface area contributed by atoms with Crippen LogP contribution >= 0.6 is 7.82 Å². The van der Waals surface area contributed by atoms with E-state index >= 15 is 0 Å². The van der Waals surface area contributed by atoms with E-state index in [9.17, 15) is 24.2 Å². The van der Waals surface area contributed by atoms with Crippen LogP contribution in [0.25, 0.3) is 0 Å². The number of aliphatic hydroxyl groups is 1. The average Bonchev–Trinajstić information content (AvgIpc) is 3.22. The van der Waals surface area contributed by atoms with Crippen molar-refractivity contribution in [2.24, 2.45) is 0 Å². The molecule has 0 amide bonds. The molecule has 0 heterocycles. The van der Waals surface area contributed by atoms with Crippen LogP contribution in [0.15, 0.2) is 97.2 Å². The summed E-state index contributed by atoms with van der Waals surface area (Å²) in [6, 6.07) is 0. The lowest BCUT2D eigenvalue weighted by atomic mass is 10.1. The van der Waals surface area contributed by atoms with Crippen LogP contribution in [0.1, 0.15) is 155 Å². The van der Waals surface area contributed by atoms with Gasteiger partial charge in [0, 0.05) is 12.8 Å². The zero-order valence-corrected chi connectivity index (χ0v) is 40.3. The van der Waals surface area contributed by atoms with Gasteiger partial charge in [-0.05, 0) is 83.5 Å². The van der Waals surface area contributed by atoms with E-state index in [-0.39, 0.29) is 26.1 Å². The van der Waals surface area contributed by atoms with E-state index in [1.165, 1.54) is 32.1 Å². The van der Waals surface area contributed by atoms with Crippen molar-refractivity contribution >= 4 is 19.8 Å². The summed E-state index contributed by atoms with van der Waals surface area (Å²) in [7, 11) is 1.38. The summed E-state index contributed by atoms with van der Waals surface area (Å²) >= 11 is 0. The Morgan fingerprint density at radius 1 is 0.597 bits per heavy atom. The fourth-order valence-corrected chi connectivity index (χ4v) is 6.47. The summed E-state index contributed by atoms with van der Waals surface area (Å²) in [6.45, 7) is 4.10. The van der Waals surface area contributed by atoms with E-state index in [0.29, 0.717) is 36.7 Å². The number of allylic oxidation sites excluding steroid dienone is 14. The molecule has 354 valence electrons. The van der Waals surface area contributed by atoms with E-state index in [0.717, 1.165) is 70.6 Å². The number of ether oxygens (including phenoxy) is 2.